The van der Waals surface area contributed by atoms with Crippen molar-refractivity contribution in [1.82, 2.24) is 9.88 Å². The van der Waals surface area contributed by atoms with Crippen LogP contribution in [0.25, 0.3) is 0 Å². The van der Waals surface area contributed by atoms with Crippen LogP contribution in [-0.4, -0.2) is 53.0 Å². The molecule has 0 spiro atoms. The van der Waals surface area contributed by atoms with Crippen molar-refractivity contribution in [3.05, 3.63) is 18.3 Å². The molecule has 2 N–H and O–H groups in total. The molecule has 3 heterocycles. The number of nitrogens with two attached hydrogens (primary N) is 1. The molecule has 21 heavy (non-hydrogen) atoms. The summed E-state index contributed by atoms with van der Waals surface area (Å²) in [4.78, 5) is 21.1. The van der Waals surface area contributed by atoms with Crippen LogP contribution in [0.3, 0.4) is 0 Å². The summed E-state index contributed by atoms with van der Waals surface area (Å²) in [6.45, 7) is 3.16. The first kappa shape index (κ1) is 14.5. The predicted molar refractivity (Wildman–Crippen MR) is 87.5 cm³/mol. The first-order chi connectivity index (χ1) is 10.3. The van der Waals surface area contributed by atoms with Gasteiger partial charge in [-0.25, -0.2) is 4.98 Å². The van der Waals surface area contributed by atoms with Gasteiger partial charge in [-0.2, -0.15) is 0 Å². The maximum atomic E-state index is 12.5. The monoisotopic (exact) mass is 306 g/mol. The van der Waals surface area contributed by atoms with E-state index < -0.39 is 0 Å². The summed E-state index contributed by atoms with van der Waals surface area (Å²) in [7, 11) is 0. The molecular formula is C15H22N4OS. The Kier molecular flexibility index (Phi) is 4.53. The zero-order valence-electron chi connectivity index (χ0n) is 12.2. The molecule has 2 saturated heterocycles. The van der Waals surface area contributed by atoms with Crippen molar-refractivity contribution in [1.29, 1.82) is 0 Å². The molecule has 2 fully saturated rings. The number of carbonyl (C=O) groups is 1. The number of carbonyl (C=O) groups excluding carboxylic acids is 1. The van der Waals surface area contributed by atoms with Gasteiger partial charge in [0.1, 0.15) is 0 Å². The van der Waals surface area contributed by atoms with Crippen molar-refractivity contribution in [2.24, 2.45) is 0 Å². The van der Waals surface area contributed by atoms with Crippen molar-refractivity contribution in [2.75, 3.05) is 42.6 Å². The summed E-state index contributed by atoms with van der Waals surface area (Å²) in [5, 5.41) is 0.185. The molecule has 5 nitrogen and oxygen atoms in total. The number of hydrogen-bond acceptors (Lipinski definition) is 5. The van der Waals surface area contributed by atoms with Crippen LogP contribution in [0.15, 0.2) is 18.3 Å². The standard InChI is InChI=1S/C15H22N4OS/c16-12-4-3-6-17-14(12)18-7-9-19(10-8-18)15(20)13-5-1-2-11-21-13/h3-4,6,13H,1-2,5,7-11,16H2. The highest BCUT2D eigenvalue weighted by Crippen LogP contribution is 2.27. The molecule has 2 aliphatic rings. The maximum absolute atomic E-state index is 12.5. The highest BCUT2D eigenvalue weighted by atomic mass is 32.2. The van der Waals surface area contributed by atoms with Crippen molar-refractivity contribution >= 4 is 29.2 Å². The average molecular weight is 306 g/mol. The number of nitrogens with zero attached hydrogens (tertiary/aromatic N) is 3. The molecule has 1 aromatic heterocycles. The van der Waals surface area contributed by atoms with Gasteiger partial charge < -0.3 is 15.5 Å². The molecule has 0 aliphatic carbocycles. The van der Waals surface area contributed by atoms with Gasteiger partial charge in [0.25, 0.3) is 0 Å². The first-order valence-corrected chi connectivity index (χ1v) is 8.66. The Morgan fingerprint density at radius 1 is 1.29 bits per heavy atom. The second kappa shape index (κ2) is 6.56. The van der Waals surface area contributed by atoms with Crippen LogP contribution in [0.2, 0.25) is 0 Å². The third-order valence-electron chi connectivity index (χ3n) is 4.16. The molecule has 0 bridgehead atoms. The summed E-state index contributed by atoms with van der Waals surface area (Å²) in [6, 6.07) is 3.72. The van der Waals surface area contributed by atoms with E-state index in [1.807, 2.05) is 28.8 Å². The third-order valence-corrected chi connectivity index (χ3v) is 5.53. The molecule has 2 aliphatic heterocycles. The van der Waals surface area contributed by atoms with E-state index in [9.17, 15) is 4.79 Å². The fourth-order valence-corrected chi connectivity index (χ4v) is 4.23. The van der Waals surface area contributed by atoms with Crippen molar-refractivity contribution < 1.29 is 4.79 Å². The zero-order valence-corrected chi connectivity index (χ0v) is 13.0. The van der Waals surface area contributed by atoms with E-state index in [1.165, 1.54) is 12.8 Å². The minimum Gasteiger partial charge on any atom is -0.396 e. The van der Waals surface area contributed by atoms with Gasteiger partial charge in [0.2, 0.25) is 5.91 Å². The van der Waals surface area contributed by atoms with Crippen LogP contribution in [-0.2, 0) is 4.79 Å². The number of hydrogen-bond donors (Lipinski definition) is 1. The highest BCUT2D eigenvalue weighted by Gasteiger charge is 2.29. The molecule has 6 heteroatoms. The van der Waals surface area contributed by atoms with Crippen LogP contribution in [0.1, 0.15) is 19.3 Å². The van der Waals surface area contributed by atoms with Crippen molar-refractivity contribution in [2.45, 2.75) is 24.5 Å². The highest BCUT2D eigenvalue weighted by molar-refractivity contribution is 8.00. The zero-order chi connectivity index (χ0) is 14.7. The molecule has 0 aromatic carbocycles. The van der Waals surface area contributed by atoms with Gasteiger partial charge in [-0.15, -0.1) is 11.8 Å². The molecule has 1 atom stereocenters. The molecule has 0 saturated carbocycles. The Bertz CT molecular complexity index is 496. The van der Waals surface area contributed by atoms with Gasteiger partial charge in [0, 0.05) is 32.4 Å². The molecule has 1 amide bonds. The number of thioether (sulfide) groups is 1. The molecular weight excluding hydrogens is 284 g/mol. The molecule has 3 rings (SSSR count). The quantitative estimate of drug-likeness (QED) is 0.899. The van der Waals surface area contributed by atoms with Crippen LogP contribution in [0, 0.1) is 0 Å². The average Bonchev–Trinajstić information content (AvgIpc) is 2.56. The van der Waals surface area contributed by atoms with E-state index in [4.69, 9.17) is 5.73 Å². The summed E-state index contributed by atoms with van der Waals surface area (Å²) in [6.07, 6.45) is 5.24. The van der Waals surface area contributed by atoms with Crippen LogP contribution in [0.4, 0.5) is 11.5 Å². The first-order valence-electron chi connectivity index (χ1n) is 7.61. The predicted octanol–water partition coefficient (Wildman–Crippen LogP) is 1.60. The number of amides is 1. The Hall–Kier alpha value is -1.43. The fourth-order valence-electron chi connectivity index (χ4n) is 2.95. The lowest BCUT2D eigenvalue weighted by atomic mass is 10.1. The lowest BCUT2D eigenvalue weighted by Crippen LogP contribution is -2.51. The second-order valence-corrected chi connectivity index (χ2v) is 6.89. The summed E-state index contributed by atoms with van der Waals surface area (Å²) >= 11 is 1.83. The lowest BCUT2D eigenvalue weighted by molar-refractivity contribution is -0.131. The summed E-state index contributed by atoms with van der Waals surface area (Å²) in [5.41, 5.74) is 6.68. The topological polar surface area (TPSA) is 62.5 Å². The number of pyridine rings is 1. The third kappa shape index (κ3) is 3.26. The number of nitrogen functional groups attached to an aromatic ring is 1. The fraction of sp³-hybridized carbons (Fsp3) is 0.600. The molecule has 114 valence electrons. The maximum Gasteiger partial charge on any atom is 0.235 e. The van der Waals surface area contributed by atoms with Gasteiger partial charge in [-0.3, -0.25) is 4.79 Å². The van der Waals surface area contributed by atoms with E-state index >= 15 is 0 Å². The number of piperazine rings is 1. The van der Waals surface area contributed by atoms with Gasteiger partial charge >= 0.3 is 0 Å². The largest absolute Gasteiger partial charge is 0.396 e. The van der Waals surface area contributed by atoms with E-state index in [1.54, 1.807) is 6.20 Å². The Morgan fingerprint density at radius 2 is 2.10 bits per heavy atom. The van der Waals surface area contributed by atoms with E-state index in [0.717, 1.165) is 44.2 Å². The van der Waals surface area contributed by atoms with Crippen molar-refractivity contribution in [3.63, 3.8) is 0 Å². The number of rotatable bonds is 2. The Balaban J connectivity index is 1.57. The van der Waals surface area contributed by atoms with E-state index in [2.05, 4.69) is 9.88 Å². The summed E-state index contributed by atoms with van der Waals surface area (Å²) < 4.78 is 0. The van der Waals surface area contributed by atoms with Gasteiger partial charge in [-0.1, -0.05) is 6.42 Å². The lowest BCUT2D eigenvalue weighted by Gasteiger charge is -2.37. The smallest absolute Gasteiger partial charge is 0.235 e. The molecule has 1 unspecified atom stereocenters. The minimum absolute atomic E-state index is 0.185. The van der Waals surface area contributed by atoms with E-state index in [0.29, 0.717) is 11.6 Å². The minimum atomic E-state index is 0.185. The summed E-state index contributed by atoms with van der Waals surface area (Å²) in [5.74, 6) is 2.30. The van der Waals surface area contributed by atoms with Crippen LogP contribution >= 0.6 is 11.8 Å². The number of aromatic nitrogens is 1. The van der Waals surface area contributed by atoms with E-state index in [-0.39, 0.29) is 5.25 Å². The molecule has 0 radical (unpaired) electrons. The Labute approximate surface area is 129 Å². The normalized spacial score (nSPS) is 23.1. The van der Waals surface area contributed by atoms with Crippen LogP contribution in [0.5, 0.6) is 0 Å². The van der Waals surface area contributed by atoms with Crippen LogP contribution < -0.4 is 10.6 Å². The number of anilines is 2. The van der Waals surface area contributed by atoms with Gasteiger partial charge in [0.05, 0.1) is 10.9 Å². The van der Waals surface area contributed by atoms with Gasteiger partial charge in [-0.05, 0) is 30.7 Å². The Morgan fingerprint density at radius 3 is 2.76 bits per heavy atom. The van der Waals surface area contributed by atoms with Crippen molar-refractivity contribution in [3.8, 4) is 0 Å². The molecule has 1 aromatic rings. The SMILES string of the molecule is Nc1cccnc1N1CCN(C(=O)C2CCCCS2)CC1. The second-order valence-electron chi connectivity index (χ2n) is 5.58. The van der Waals surface area contributed by atoms with Gasteiger partial charge in [0.15, 0.2) is 5.82 Å².